The fourth-order valence-electron chi connectivity index (χ4n) is 0.850. The minimum Gasteiger partial charge on any atom is -0.212 e. The maximum atomic E-state index is 11.5. The van der Waals surface area contributed by atoms with Crippen LogP contribution in [0.3, 0.4) is 0 Å². The summed E-state index contributed by atoms with van der Waals surface area (Å²) in [6, 6.07) is 0. The van der Waals surface area contributed by atoms with Gasteiger partial charge < -0.3 is 0 Å². The summed E-state index contributed by atoms with van der Waals surface area (Å²) in [5.41, 5.74) is 0.763. The Balaban J connectivity index is 4.20. The Labute approximate surface area is 87.0 Å². The maximum absolute atomic E-state index is 11.5. The van der Waals surface area contributed by atoms with E-state index in [9.17, 15) is 8.42 Å². The van der Waals surface area contributed by atoms with Crippen molar-refractivity contribution in [2.75, 3.05) is 6.54 Å². The van der Waals surface area contributed by atoms with Crippen molar-refractivity contribution >= 4 is 10.0 Å². The highest BCUT2D eigenvalue weighted by Crippen LogP contribution is 2.03. The topological polar surface area (TPSA) is 46.2 Å². The van der Waals surface area contributed by atoms with Crippen LogP contribution in [0.25, 0.3) is 0 Å². The SMILES string of the molecule is C=C(C=CC)CNS(=O)(=O)C(C)CC. The molecule has 0 rings (SSSR count). The summed E-state index contributed by atoms with van der Waals surface area (Å²) in [5.74, 6) is 0. The maximum Gasteiger partial charge on any atom is 0.214 e. The lowest BCUT2D eigenvalue weighted by atomic mass is 10.3. The van der Waals surface area contributed by atoms with Crippen molar-refractivity contribution in [1.29, 1.82) is 0 Å². The Bertz CT molecular complexity index is 304. The van der Waals surface area contributed by atoms with E-state index in [-0.39, 0.29) is 11.8 Å². The molecule has 1 unspecified atom stereocenters. The molecule has 0 fully saturated rings. The molecule has 0 aromatic carbocycles. The molecule has 0 saturated heterocycles. The van der Waals surface area contributed by atoms with Crippen molar-refractivity contribution in [1.82, 2.24) is 4.72 Å². The fraction of sp³-hybridized carbons (Fsp3) is 0.600. The van der Waals surface area contributed by atoms with Crippen molar-refractivity contribution in [3.8, 4) is 0 Å². The van der Waals surface area contributed by atoms with Crippen LogP contribution in [0, 0.1) is 0 Å². The van der Waals surface area contributed by atoms with Crippen LogP contribution in [-0.2, 0) is 10.0 Å². The lowest BCUT2D eigenvalue weighted by Gasteiger charge is -2.11. The normalized spacial score (nSPS) is 14.5. The molecule has 0 heterocycles. The zero-order valence-electron chi connectivity index (χ0n) is 9.08. The molecule has 1 N–H and O–H groups in total. The third-order valence-electron chi connectivity index (χ3n) is 2.01. The third kappa shape index (κ3) is 4.58. The number of allylic oxidation sites excluding steroid dienone is 1. The first-order valence-electron chi connectivity index (χ1n) is 4.73. The first-order chi connectivity index (χ1) is 6.44. The molecule has 0 aromatic heterocycles. The molecule has 0 bridgehead atoms. The van der Waals surface area contributed by atoms with E-state index in [1.165, 1.54) is 0 Å². The van der Waals surface area contributed by atoms with Crippen LogP contribution in [0.2, 0.25) is 0 Å². The molecule has 14 heavy (non-hydrogen) atoms. The van der Waals surface area contributed by atoms with Crippen molar-refractivity contribution in [2.45, 2.75) is 32.4 Å². The first-order valence-corrected chi connectivity index (χ1v) is 6.27. The summed E-state index contributed by atoms with van der Waals surface area (Å²) in [6.07, 6.45) is 4.24. The number of nitrogens with one attached hydrogen (secondary N) is 1. The van der Waals surface area contributed by atoms with Crippen molar-refractivity contribution in [2.24, 2.45) is 0 Å². The Kier molecular flexibility index (Phi) is 5.72. The van der Waals surface area contributed by atoms with Crippen LogP contribution in [-0.4, -0.2) is 20.2 Å². The van der Waals surface area contributed by atoms with Crippen LogP contribution in [0.15, 0.2) is 24.3 Å². The molecule has 0 saturated carbocycles. The quantitative estimate of drug-likeness (QED) is 0.690. The van der Waals surface area contributed by atoms with Gasteiger partial charge in [0.2, 0.25) is 10.0 Å². The predicted molar refractivity (Wildman–Crippen MR) is 60.6 cm³/mol. The zero-order chi connectivity index (χ0) is 11.2. The van der Waals surface area contributed by atoms with Gasteiger partial charge in [0.15, 0.2) is 0 Å². The molecular formula is C10H19NO2S. The summed E-state index contributed by atoms with van der Waals surface area (Å²) in [6.45, 7) is 9.42. The van der Waals surface area contributed by atoms with E-state index in [4.69, 9.17) is 0 Å². The lowest BCUT2D eigenvalue weighted by molar-refractivity contribution is 0.569. The Morgan fingerprint density at radius 3 is 2.57 bits per heavy atom. The lowest BCUT2D eigenvalue weighted by Crippen LogP contribution is -2.33. The molecule has 3 nitrogen and oxygen atoms in total. The second-order valence-electron chi connectivity index (χ2n) is 3.24. The monoisotopic (exact) mass is 217 g/mol. The fourth-order valence-corrected chi connectivity index (χ4v) is 1.96. The second-order valence-corrected chi connectivity index (χ2v) is 5.43. The van der Waals surface area contributed by atoms with Gasteiger partial charge in [-0.2, -0.15) is 0 Å². The summed E-state index contributed by atoms with van der Waals surface area (Å²) in [4.78, 5) is 0. The van der Waals surface area contributed by atoms with E-state index < -0.39 is 10.0 Å². The highest BCUT2D eigenvalue weighted by Gasteiger charge is 2.17. The molecule has 0 amide bonds. The van der Waals surface area contributed by atoms with E-state index in [2.05, 4.69) is 11.3 Å². The third-order valence-corrected chi connectivity index (χ3v) is 3.95. The average Bonchev–Trinajstić information content (AvgIpc) is 2.14. The van der Waals surface area contributed by atoms with Crippen molar-refractivity contribution in [3.05, 3.63) is 24.3 Å². The van der Waals surface area contributed by atoms with Crippen molar-refractivity contribution in [3.63, 3.8) is 0 Å². The van der Waals surface area contributed by atoms with Crippen LogP contribution >= 0.6 is 0 Å². The standard InChI is InChI=1S/C10H19NO2S/c1-5-7-9(3)8-11-14(12,13)10(4)6-2/h5,7,10-11H,3,6,8H2,1-2,4H3. The summed E-state index contributed by atoms with van der Waals surface area (Å²) < 4.78 is 25.5. The zero-order valence-corrected chi connectivity index (χ0v) is 9.89. The Hall–Kier alpha value is -0.610. The number of rotatable bonds is 6. The van der Waals surface area contributed by atoms with E-state index in [1.54, 1.807) is 13.0 Å². The molecule has 0 aliphatic carbocycles. The molecule has 0 radical (unpaired) electrons. The molecule has 1 atom stereocenters. The van der Waals surface area contributed by atoms with Gasteiger partial charge in [0.25, 0.3) is 0 Å². The van der Waals surface area contributed by atoms with Gasteiger partial charge in [-0.05, 0) is 25.8 Å². The van der Waals surface area contributed by atoms with Crippen LogP contribution in [0.5, 0.6) is 0 Å². The molecular weight excluding hydrogens is 198 g/mol. The summed E-state index contributed by atoms with van der Waals surface area (Å²) in [7, 11) is -3.17. The molecule has 0 aromatic rings. The minimum absolute atomic E-state index is 0.289. The van der Waals surface area contributed by atoms with Gasteiger partial charge in [0, 0.05) is 6.54 Å². The van der Waals surface area contributed by atoms with Gasteiger partial charge in [0.1, 0.15) is 0 Å². The van der Waals surface area contributed by atoms with E-state index in [0.717, 1.165) is 5.57 Å². The summed E-state index contributed by atoms with van der Waals surface area (Å²) in [5, 5.41) is -0.346. The van der Waals surface area contributed by atoms with Crippen LogP contribution < -0.4 is 4.72 Å². The highest BCUT2D eigenvalue weighted by atomic mass is 32.2. The molecule has 4 heteroatoms. The minimum atomic E-state index is -3.17. The van der Waals surface area contributed by atoms with E-state index in [1.807, 2.05) is 19.9 Å². The van der Waals surface area contributed by atoms with Gasteiger partial charge in [-0.3, -0.25) is 0 Å². The van der Waals surface area contributed by atoms with Crippen LogP contribution in [0.1, 0.15) is 27.2 Å². The smallest absolute Gasteiger partial charge is 0.212 e. The van der Waals surface area contributed by atoms with Crippen molar-refractivity contribution < 1.29 is 8.42 Å². The van der Waals surface area contributed by atoms with Gasteiger partial charge >= 0.3 is 0 Å². The van der Waals surface area contributed by atoms with Gasteiger partial charge in [0.05, 0.1) is 5.25 Å². The van der Waals surface area contributed by atoms with Crippen LogP contribution in [0.4, 0.5) is 0 Å². The van der Waals surface area contributed by atoms with Gasteiger partial charge in [-0.25, -0.2) is 13.1 Å². The first kappa shape index (κ1) is 13.4. The van der Waals surface area contributed by atoms with E-state index in [0.29, 0.717) is 6.42 Å². The van der Waals surface area contributed by atoms with Gasteiger partial charge in [-0.15, -0.1) is 0 Å². The molecule has 82 valence electrons. The number of hydrogen-bond donors (Lipinski definition) is 1. The van der Waals surface area contributed by atoms with E-state index >= 15 is 0 Å². The molecule has 0 spiro atoms. The number of hydrogen-bond acceptors (Lipinski definition) is 2. The highest BCUT2D eigenvalue weighted by molar-refractivity contribution is 7.90. The Morgan fingerprint density at radius 2 is 2.14 bits per heavy atom. The predicted octanol–water partition coefficient (Wildman–Crippen LogP) is 1.84. The molecule has 0 aliphatic heterocycles. The van der Waals surface area contributed by atoms with Gasteiger partial charge in [-0.1, -0.05) is 25.7 Å². The Morgan fingerprint density at radius 1 is 1.57 bits per heavy atom. The number of sulfonamides is 1. The largest absolute Gasteiger partial charge is 0.214 e. The summed E-state index contributed by atoms with van der Waals surface area (Å²) >= 11 is 0. The molecule has 0 aliphatic rings. The average molecular weight is 217 g/mol. The second kappa shape index (κ2) is 5.98.